The molecule has 0 unspecified atom stereocenters. The van der Waals surface area contributed by atoms with Gasteiger partial charge in [0.1, 0.15) is 0 Å². The van der Waals surface area contributed by atoms with E-state index in [-0.39, 0.29) is 5.91 Å². The molecule has 3 aromatic rings. The van der Waals surface area contributed by atoms with Crippen LogP contribution in [0.5, 0.6) is 17.2 Å². The summed E-state index contributed by atoms with van der Waals surface area (Å²) in [6.45, 7) is 0. The molecule has 0 bridgehead atoms. The molecule has 0 saturated carbocycles. The molecule has 1 amide bonds. The van der Waals surface area contributed by atoms with Crippen LogP contribution in [0.2, 0.25) is 0 Å². The molecule has 3 aromatic carbocycles. The number of carbonyl (C=O) groups is 1. The molecular weight excluding hydrogens is 366 g/mol. The highest BCUT2D eigenvalue weighted by atomic mass is 16.5. The molecule has 0 spiro atoms. The number of carbonyl (C=O) groups excluding carboxylic acids is 1. The molecule has 0 saturated heterocycles. The summed E-state index contributed by atoms with van der Waals surface area (Å²) in [6.07, 6.45) is 3.91. The van der Waals surface area contributed by atoms with Crippen LogP contribution in [0, 0.1) is 0 Å². The molecule has 0 atom stereocenters. The summed E-state index contributed by atoms with van der Waals surface area (Å²) in [5.41, 5.74) is 3.21. The fraction of sp³-hybridized carbons (Fsp3) is 0.125. The van der Waals surface area contributed by atoms with E-state index in [9.17, 15) is 4.79 Å². The molecule has 0 heterocycles. The van der Waals surface area contributed by atoms with Crippen LogP contribution in [0.4, 0.5) is 5.69 Å². The van der Waals surface area contributed by atoms with Crippen LogP contribution in [0.3, 0.4) is 0 Å². The fourth-order valence-electron chi connectivity index (χ4n) is 2.91. The van der Waals surface area contributed by atoms with Crippen molar-refractivity contribution < 1.29 is 19.0 Å². The number of nitrogens with one attached hydrogen (secondary N) is 1. The Labute approximate surface area is 170 Å². The molecule has 0 radical (unpaired) electrons. The summed E-state index contributed by atoms with van der Waals surface area (Å²) in [4.78, 5) is 12.2. The van der Waals surface area contributed by atoms with E-state index in [0.29, 0.717) is 22.8 Å². The van der Waals surface area contributed by atoms with E-state index in [1.54, 1.807) is 33.5 Å². The van der Waals surface area contributed by atoms with E-state index < -0.39 is 0 Å². The molecule has 0 aliphatic heterocycles. The van der Waals surface area contributed by atoms with Gasteiger partial charge in [0.15, 0.2) is 11.5 Å². The van der Waals surface area contributed by atoms with E-state index in [2.05, 4.69) is 5.32 Å². The molecular formula is C24H23NO4. The average Bonchev–Trinajstić information content (AvgIpc) is 2.78. The highest BCUT2D eigenvalue weighted by Gasteiger charge is 2.14. The second kappa shape index (κ2) is 9.46. The lowest BCUT2D eigenvalue weighted by Gasteiger charge is -2.14. The van der Waals surface area contributed by atoms with Crippen molar-refractivity contribution in [1.29, 1.82) is 0 Å². The van der Waals surface area contributed by atoms with Crippen molar-refractivity contribution in [2.45, 2.75) is 0 Å². The third-order valence-electron chi connectivity index (χ3n) is 4.39. The Morgan fingerprint density at radius 2 is 1.45 bits per heavy atom. The maximum absolute atomic E-state index is 12.2. The number of rotatable bonds is 7. The number of methoxy groups -OCH3 is 3. The van der Waals surface area contributed by atoms with Crippen LogP contribution in [0.1, 0.15) is 21.5 Å². The summed E-state index contributed by atoms with van der Waals surface area (Å²) in [5.74, 6) is 1.63. The Bertz CT molecular complexity index is 995. The van der Waals surface area contributed by atoms with Crippen molar-refractivity contribution in [3.63, 3.8) is 0 Å². The predicted molar refractivity (Wildman–Crippen MR) is 116 cm³/mol. The van der Waals surface area contributed by atoms with Crippen LogP contribution >= 0.6 is 0 Å². The molecule has 0 aliphatic carbocycles. The van der Waals surface area contributed by atoms with E-state index in [4.69, 9.17) is 14.2 Å². The Morgan fingerprint density at radius 1 is 0.759 bits per heavy atom. The third-order valence-corrected chi connectivity index (χ3v) is 4.39. The summed E-state index contributed by atoms with van der Waals surface area (Å²) in [6, 6.07) is 20.5. The highest BCUT2D eigenvalue weighted by Crippen LogP contribution is 2.40. The van der Waals surface area contributed by atoms with Crippen molar-refractivity contribution >= 4 is 23.7 Å². The molecule has 5 heteroatoms. The monoisotopic (exact) mass is 389 g/mol. The zero-order valence-electron chi connectivity index (χ0n) is 16.6. The fourth-order valence-corrected chi connectivity index (χ4v) is 2.91. The van der Waals surface area contributed by atoms with Gasteiger partial charge < -0.3 is 19.5 Å². The van der Waals surface area contributed by atoms with Crippen molar-refractivity contribution in [1.82, 2.24) is 0 Å². The Balaban J connectivity index is 1.74. The number of amides is 1. The zero-order chi connectivity index (χ0) is 20.6. The van der Waals surface area contributed by atoms with E-state index in [1.807, 2.05) is 66.7 Å². The predicted octanol–water partition coefficient (Wildman–Crippen LogP) is 5.14. The minimum Gasteiger partial charge on any atom is -0.493 e. The number of hydrogen-bond donors (Lipinski definition) is 1. The smallest absolute Gasteiger partial charge is 0.255 e. The van der Waals surface area contributed by atoms with Crippen LogP contribution in [-0.2, 0) is 0 Å². The van der Waals surface area contributed by atoms with Gasteiger partial charge in [0.25, 0.3) is 5.91 Å². The number of benzene rings is 3. The van der Waals surface area contributed by atoms with Crippen molar-refractivity contribution in [2.75, 3.05) is 26.6 Å². The van der Waals surface area contributed by atoms with Crippen molar-refractivity contribution in [3.8, 4) is 17.2 Å². The maximum Gasteiger partial charge on any atom is 0.255 e. The van der Waals surface area contributed by atoms with E-state index >= 15 is 0 Å². The van der Waals surface area contributed by atoms with Gasteiger partial charge in [0.05, 0.1) is 21.3 Å². The second-order valence-electron chi connectivity index (χ2n) is 6.20. The SMILES string of the molecule is COc1ccc(C=Cc2ccc(NC(=O)c3ccccc3)cc2)c(OC)c1OC. The summed E-state index contributed by atoms with van der Waals surface area (Å²) in [7, 11) is 4.76. The van der Waals surface area contributed by atoms with Gasteiger partial charge in [0, 0.05) is 16.8 Å². The number of ether oxygens (including phenoxy) is 3. The van der Waals surface area contributed by atoms with Crippen molar-refractivity contribution in [2.24, 2.45) is 0 Å². The second-order valence-corrected chi connectivity index (χ2v) is 6.20. The van der Waals surface area contributed by atoms with E-state index in [0.717, 1.165) is 16.8 Å². The molecule has 0 aliphatic rings. The average molecular weight is 389 g/mol. The van der Waals surface area contributed by atoms with Gasteiger partial charge in [-0.1, -0.05) is 42.5 Å². The van der Waals surface area contributed by atoms with Crippen LogP contribution in [0.25, 0.3) is 12.2 Å². The highest BCUT2D eigenvalue weighted by molar-refractivity contribution is 6.04. The van der Waals surface area contributed by atoms with Gasteiger partial charge in [-0.2, -0.15) is 0 Å². The molecule has 148 valence electrons. The molecule has 0 aromatic heterocycles. The molecule has 3 rings (SSSR count). The first-order valence-corrected chi connectivity index (χ1v) is 9.09. The van der Waals surface area contributed by atoms with Crippen LogP contribution in [-0.4, -0.2) is 27.2 Å². The normalized spacial score (nSPS) is 10.6. The lowest BCUT2D eigenvalue weighted by atomic mass is 10.1. The summed E-state index contributed by atoms with van der Waals surface area (Å²) >= 11 is 0. The lowest BCUT2D eigenvalue weighted by molar-refractivity contribution is 0.102. The standard InChI is InChI=1S/C24H23NO4/c1-27-21-16-13-18(22(28-2)23(21)29-3)12-9-17-10-14-20(15-11-17)25-24(26)19-7-5-4-6-8-19/h4-16H,1-3H3,(H,25,26). The van der Waals surface area contributed by atoms with Gasteiger partial charge in [-0.25, -0.2) is 0 Å². The minimum absolute atomic E-state index is 0.135. The maximum atomic E-state index is 12.2. The van der Waals surface area contributed by atoms with Crippen LogP contribution < -0.4 is 19.5 Å². The molecule has 0 fully saturated rings. The van der Waals surface area contributed by atoms with Gasteiger partial charge in [-0.3, -0.25) is 4.79 Å². The largest absolute Gasteiger partial charge is 0.493 e. The quantitative estimate of drug-likeness (QED) is 0.569. The van der Waals surface area contributed by atoms with Gasteiger partial charge in [-0.05, 0) is 42.0 Å². The van der Waals surface area contributed by atoms with Crippen molar-refractivity contribution in [3.05, 3.63) is 83.4 Å². The zero-order valence-corrected chi connectivity index (χ0v) is 16.6. The molecule has 29 heavy (non-hydrogen) atoms. The number of anilines is 1. The van der Waals surface area contributed by atoms with Gasteiger partial charge >= 0.3 is 0 Å². The Kier molecular flexibility index (Phi) is 6.53. The topological polar surface area (TPSA) is 56.8 Å². The van der Waals surface area contributed by atoms with Gasteiger partial charge in [0.2, 0.25) is 5.75 Å². The minimum atomic E-state index is -0.135. The Hall–Kier alpha value is -3.73. The number of hydrogen-bond acceptors (Lipinski definition) is 4. The first-order valence-electron chi connectivity index (χ1n) is 9.09. The third kappa shape index (κ3) is 4.76. The van der Waals surface area contributed by atoms with Crippen LogP contribution in [0.15, 0.2) is 66.7 Å². The first kappa shape index (κ1) is 20.0. The molecule has 5 nitrogen and oxygen atoms in total. The van der Waals surface area contributed by atoms with E-state index in [1.165, 1.54) is 0 Å². The molecule has 1 N–H and O–H groups in total. The summed E-state index contributed by atoms with van der Waals surface area (Å²) < 4.78 is 16.2. The lowest BCUT2D eigenvalue weighted by Crippen LogP contribution is -2.11. The summed E-state index contributed by atoms with van der Waals surface area (Å²) in [5, 5.41) is 2.89. The Morgan fingerprint density at radius 3 is 2.07 bits per heavy atom. The first-order chi connectivity index (χ1) is 14.2. The van der Waals surface area contributed by atoms with Gasteiger partial charge in [-0.15, -0.1) is 0 Å².